The van der Waals surface area contributed by atoms with E-state index in [1.165, 1.54) is 12.1 Å². The molecule has 0 saturated carbocycles. The van der Waals surface area contributed by atoms with Crippen molar-refractivity contribution in [2.45, 2.75) is 26.1 Å². The number of ether oxygens (including phenoxy) is 2. The minimum atomic E-state index is -4.66. The van der Waals surface area contributed by atoms with Gasteiger partial charge in [0.2, 0.25) is 0 Å². The third kappa shape index (κ3) is 8.54. The van der Waals surface area contributed by atoms with E-state index >= 15 is 0 Å². The molecule has 1 aliphatic heterocycles. The van der Waals surface area contributed by atoms with Crippen LogP contribution in [0.2, 0.25) is 0 Å². The van der Waals surface area contributed by atoms with Gasteiger partial charge in [0.05, 0.1) is 6.61 Å². The van der Waals surface area contributed by atoms with E-state index in [2.05, 4.69) is 19.9 Å². The topological polar surface area (TPSA) is 46.1 Å². The van der Waals surface area contributed by atoms with E-state index in [1.807, 2.05) is 6.92 Å². The molecule has 1 atom stereocenters. The fourth-order valence-corrected chi connectivity index (χ4v) is 2.97. The summed E-state index contributed by atoms with van der Waals surface area (Å²) in [5.41, 5.74) is 0.915. The third-order valence-electron chi connectivity index (χ3n) is 4.14. The molecule has 1 aromatic carbocycles. The summed E-state index contributed by atoms with van der Waals surface area (Å²) in [7, 11) is 1.72. The standard InChI is InChI=1S/C18H26F3N3O2.HI/c1-3-22-17(24-11-9-15(12-24)13-25-2)23-10-8-14-4-6-16(7-5-14)26-18(19,20)21;/h4-7,15H,3,8-13H2,1-2H3,(H,22,23);1H. The Hall–Kier alpha value is -1.23. The number of halogens is 4. The molecule has 1 aromatic rings. The van der Waals surface area contributed by atoms with E-state index in [-0.39, 0.29) is 29.7 Å². The van der Waals surface area contributed by atoms with Gasteiger partial charge in [-0.15, -0.1) is 37.1 Å². The van der Waals surface area contributed by atoms with E-state index in [0.717, 1.165) is 44.2 Å². The monoisotopic (exact) mass is 501 g/mol. The maximum Gasteiger partial charge on any atom is 0.573 e. The highest BCUT2D eigenvalue weighted by Gasteiger charge is 2.31. The molecule has 0 bridgehead atoms. The Morgan fingerprint density at radius 1 is 1.30 bits per heavy atom. The Balaban J connectivity index is 0.00000364. The van der Waals surface area contributed by atoms with E-state index in [4.69, 9.17) is 4.74 Å². The number of aliphatic imine (C=N–C) groups is 1. The number of rotatable bonds is 7. The Labute approximate surface area is 175 Å². The van der Waals surface area contributed by atoms with Crippen molar-refractivity contribution in [2.75, 3.05) is 39.9 Å². The lowest BCUT2D eigenvalue weighted by Crippen LogP contribution is -2.40. The number of benzene rings is 1. The average Bonchev–Trinajstić information content (AvgIpc) is 3.03. The van der Waals surface area contributed by atoms with Gasteiger partial charge >= 0.3 is 6.36 Å². The quantitative estimate of drug-likeness (QED) is 0.352. The maximum atomic E-state index is 12.2. The summed E-state index contributed by atoms with van der Waals surface area (Å²) in [6.45, 7) is 5.99. The molecular formula is C18H27F3IN3O2. The number of likely N-dealkylation sites (tertiary alicyclic amines) is 1. The van der Waals surface area contributed by atoms with Crippen molar-refractivity contribution in [3.63, 3.8) is 0 Å². The molecule has 1 aliphatic rings. The molecule has 1 saturated heterocycles. The largest absolute Gasteiger partial charge is 0.573 e. The van der Waals surface area contributed by atoms with Crippen LogP contribution in [0.5, 0.6) is 5.75 Å². The van der Waals surface area contributed by atoms with Crippen LogP contribution < -0.4 is 10.1 Å². The minimum absolute atomic E-state index is 0. The van der Waals surface area contributed by atoms with Crippen LogP contribution in [0.15, 0.2) is 29.3 Å². The van der Waals surface area contributed by atoms with Crippen LogP contribution >= 0.6 is 24.0 Å². The van der Waals surface area contributed by atoms with Crippen molar-refractivity contribution in [1.29, 1.82) is 0 Å². The van der Waals surface area contributed by atoms with Gasteiger partial charge in [-0.2, -0.15) is 0 Å². The first-order valence-electron chi connectivity index (χ1n) is 8.78. The highest BCUT2D eigenvalue weighted by atomic mass is 127. The van der Waals surface area contributed by atoms with Crippen LogP contribution in [-0.2, 0) is 11.2 Å². The fourth-order valence-electron chi connectivity index (χ4n) is 2.97. The zero-order valence-corrected chi connectivity index (χ0v) is 17.9. The second-order valence-corrected chi connectivity index (χ2v) is 6.23. The number of nitrogens with one attached hydrogen (secondary N) is 1. The van der Waals surface area contributed by atoms with Crippen molar-refractivity contribution in [2.24, 2.45) is 10.9 Å². The van der Waals surface area contributed by atoms with Gasteiger partial charge in [0.25, 0.3) is 0 Å². The molecule has 154 valence electrons. The molecule has 0 aromatic heterocycles. The van der Waals surface area contributed by atoms with Gasteiger partial charge in [-0.25, -0.2) is 0 Å². The SMILES string of the molecule is CCNC(=NCCc1ccc(OC(F)(F)F)cc1)N1CCC(COC)C1.I. The van der Waals surface area contributed by atoms with Crippen molar-refractivity contribution >= 4 is 29.9 Å². The van der Waals surface area contributed by atoms with Crippen LogP contribution in [0.1, 0.15) is 18.9 Å². The first-order valence-corrected chi connectivity index (χ1v) is 8.78. The number of alkyl halides is 3. The summed E-state index contributed by atoms with van der Waals surface area (Å²) in [4.78, 5) is 6.88. The van der Waals surface area contributed by atoms with Crippen molar-refractivity contribution in [3.05, 3.63) is 29.8 Å². The summed E-state index contributed by atoms with van der Waals surface area (Å²) < 4.78 is 45.6. The summed E-state index contributed by atoms with van der Waals surface area (Å²) in [6.07, 6.45) is -2.93. The minimum Gasteiger partial charge on any atom is -0.406 e. The van der Waals surface area contributed by atoms with E-state index in [9.17, 15) is 13.2 Å². The van der Waals surface area contributed by atoms with Crippen LogP contribution in [0.4, 0.5) is 13.2 Å². The Morgan fingerprint density at radius 2 is 2.00 bits per heavy atom. The number of hydrogen-bond donors (Lipinski definition) is 1. The summed E-state index contributed by atoms with van der Waals surface area (Å²) in [6, 6.07) is 5.92. The highest BCUT2D eigenvalue weighted by Crippen LogP contribution is 2.23. The smallest absolute Gasteiger partial charge is 0.406 e. The molecule has 1 heterocycles. The molecule has 27 heavy (non-hydrogen) atoms. The first kappa shape index (κ1) is 23.8. The molecular weight excluding hydrogens is 474 g/mol. The van der Waals surface area contributed by atoms with Crippen LogP contribution in [-0.4, -0.2) is 57.1 Å². The van der Waals surface area contributed by atoms with Gasteiger partial charge in [-0.1, -0.05) is 12.1 Å². The van der Waals surface area contributed by atoms with Crippen LogP contribution in [0.25, 0.3) is 0 Å². The second-order valence-electron chi connectivity index (χ2n) is 6.23. The normalized spacial score (nSPS) is 17.6. The molecule has 2 rings (SSSR count). The fraction of sp³-hybridized carbons (Fsp3) is 0.611. The Kier molecular flexibility index (Phi) is 10.2. The van der Waals surface area contributed by atoms with Crippen LogP contribution in [0.3, 0.4) is 0 Å². The molecule has 0 spiro atoms. The molecule has 1 unspecified atom stereocenters. The van der Waals surface area contributed by atoms with Crippen LogP contribution in [0, 0.1) is 5.92 Å². The molecule has 0 amide bonds. The number of guanidine groups is 1. The lowest BCUT2D eigenvalue weighted by atomic mass is 10.1. The van der Waals surface area contributed by atoms with Gasteiger partial charge in [0.15, 0.2) is 5.96 Å². The number of nitrogens with zero attached hydrogens (tertiary/aromatic N) is 2. The van der Waals surface area contributed by atoms with Gasteiger partial charge in [0.1, 0.15) is 5.75 Å². The van der Waals surface area contributed by atoms with Gasteiger partial charge in [-0.3, -0.25) is 4.99 Å². The lowest BCUT2D eigenvalue weighted by Gasteiger charge is -2.21. The molecule has 0 aliphatic carbocycles. The zero-order valence-electron chi connectivity index (χ0n) is 15.6. The third-order valence-corrected chi connectivity index (χ3v) is 4.14. The van der Waals surface area contributed by atoms with Crippen molar-refractivity contribution in [1.82, 2.24) is 10.2 Å². The molecule has 1 fully saturated rings. The average molecular weight is 501 g/mol. The van der Waals surface area contributed by atoms with E-state index in [1.54, 1.807) is 19.2 Å². The molecule has 0 radical (unpaired) electrons. The Bertz CT molecular complexity index is 582. The second kappa shape index (κ2) is 11.6. The Morgan fingerprint density at radius 3 is 2.59 bits per heavy atom. The van der Waals surface area contributed by atoms with E-state index < -0.39 is 6.36 Å². The maximum absolute atomic E-state index is 12.2. The molecule has 9 heteroatoms. The van der Waals surface area contributed by atoms with Crippen molar-refractivity contribution < 1.29 is 22.6 Å². The number of hydrogen-bond acceptors (Lipinski definition) is 3. The van der Waals surface area contributed by atoms with E-state index in [0.29, 0.717) is 18.9 Å². The van der Waals surface area contributed by atoms with Gasteiger partial charge in [-0.05, 0) is 37.5 Å². The predicted octanol–water partition coefficient (Wildman–Crippen LogP) is 3.68. The highest BCUT2D eigenvalue weighted by molar-refractivity contribution is 14.0. The summed E-state index contributed by atoms with van der Waals surface area (Å²) in [5, 5.41) is 3.30. The lowest BCUT2D eigenvalue weighted by molar-refractivity contribution is -0.274. The predicted molar refractivity (Wildman–Crippen MR) is 110 cm³/mol. The summed E-state index contributed by atoms with van der Waals surface area (Å²) in [5.74, 6) is 1.19. The summed E-state index contributed by atoms with van der Waals surface area (Å²) >= 11 is 0. The number of methoxy groups -OCH3 is 1. The molecule has 5 nitrogen and oxygen atoms in total. The molecule has 1 N–H and O–H groups in total. The zero-order chi connectivity index (χ0) is 19.0. The van der Waals surface area contributed by atoms with Gasteiger partial charge in [0, 0.05) is 39.2 Å². The first-order chi connectivity index (χ1) is 12.4. The van der Waals surface area contributed by atoms with Gasteiger partial charge < -0.3 is 19.7 Å². The van der Waals surface area contributed by atoms with Crippen molar-refractivity contribution in [3.8, 4) is 5.75 Å².